The molecule has 0 saturated carbocycles. The number of hydrogen-bond donors (Lipinski definition) is 1. The zero-order valence-corrected chi connectivity index (χ0v) is 10.7. The summed E-state index contributed by atoms with van der Waals surface area (Å²) in [4.78, 5) is 26.8. The first-order chi connectivity index (χ1) is 8.08. The average molecular weight is 243 g/mol. The van der Waals surface area contributed by atoms with E-state index in [-0.39, 0.29) is 17.9 Å². The van der Waals surface area contributed by atoms with Crippen LogP contribution in [0.25, 0.3) is 0 Å². The minimum atomic E-state index is -0.228. The van der Waals surface area contributed by atoms with Crippen LogP contribution < -0.4 is 5.32 Å². The minimum absolute atomic E-state index is 0.116. The van der Waals surface area contributed by atoms with E-state index in [0.717, 1.165) is 13.1 Å². The van der Waals surface area contributed by atoms with E-state index < -0.39 is 0 Å². The first-order valence-electron chi connectivity index (χ1n) is 5.83. The van der Waals surface area contributed by atoms with Gasteiger partial charge in [-0.25, -0.2) is 0 Å². The Kier molecular flexibility index (Phi) is 5.37. The number of nitrogens with one attached hydrogen (secondary N) is 1. The Morgan fingerprint density at radius 2 is 1.88 bits per heavy atom. The van der Waals surface area contributed by atoms with Gasteiger partial charge >= 0.3 is 5.97 Å². The number of piperazine rings is 1. The number of nitrogens with zero attached hydrogens (tertiary/aromatic N) is 2. The SMILES string of the molecule is CNC(C)C(=O)N1CCN(CC(=O)OC)CC1. The van der Waals surface area contributed by atoms with Gasteiger partial charge in [-0.05, 0) is 14.0 Å². The highest BCUT2D eigenvalue weighted by Crippen LogP contribution is 2.04. The third kappa shape index (κ3) is 3.98. The van der Waals surface area contributed by atoms with Crippen LogP contribution in [0.1, 0.15) is 6.92 Å². The Hall–Kier alpha value is -1.14. The molecule has 1 N–H and O–H groups in total. The molecule has 1 heterocycles. The Morgan fingerprint density at radius 3 is 2.35 bits per heavy atom. The maximum Gasteiger partial charge on any atom is 0.319 e. The Balaban J connectivity index is 2.35. The molecule has 6 nitrogen and oxygen atoms in total. The van der Waals surface area contributed by atoms with E-state index in [1.165, 1.54) is 7.11 Å². The number of carbonyl (C=O) groups is 2. The van der Waals surface area contributed by atoms with Crippen molar-refractivity contribution in [3.8, 4) is 0 Å². The molecule has 0 aliphatic carbocycles. The Labute approximate surface area is 102 Å². The van der Waals surface area contributed by atoms with Gasteiger partial charge in [-0.2, -0.15) is 0 Å². The lowest BCUT2D eigenvalue weighted by Gasteiger charge is -2.35. The van der Waals surface area contributed by atoms with E-state index in [4.69, 9.17) is 0 Å². The van der Waals surface area contributed by atoms with Crippen LogP contribution in [0.3, 0.4) is 0 Å². The molecule has 0 aromatic carbocycles. The summed E-state index contributed by atoms with van der Waals surface area (Å²) < 4.78 is 4.61. The van der Waals surface area contributed by atoms with E-state index >= 15 is 0 Å². The van der Waals surface area contributed by atoms with E-state index in [1.54, 1.807) is 7.05 Å². The number of likely N-dealkylation sites (N-methyl/N-ethyl adjacent to an activating group) is 1. The lowest BCUT2D eigenvalue weighted by atomic mass is 10.2. The fraction of sp³-hybridized carbons (Fsp3) is 0.818. The van der Waals surface area contributed by atoms with Crippen molar-refractivity contribution in [1.82, 2.24) is 15.1 Å². The monoisotopic (exact) mass is 243 g/mol. The molecule has 1 rings (SSSR count). The fourth-order valence-corrected chi connectivity index (χ4v) is 1.77. The second-order valence-corrected chi connectivity index (χ2v) is 4.19. The molecule has 1 atom stereocenters. The van der Waals surface area contributed by atoms with E-state index in [0.29, 0.717) is 19.6 Å². The third-order valence-corrected chi connectivity index (χ3v) is 3.07. The average Bonchev–Trinajstić information content (AvgIpc) is 2.37. The van der Waals surface area contributed by atoms with Gasteiger partial charge < -0.3 is 15.0 Å². The molecule has 1 saturated heterocycles. The van der Waals surface area contributed by atoms with Crippen molar-refractivity contribution in [3.63, 3.8) is 0 Å². The van der Waals surface area contributed by atoms with Crippen molar-refractivity contribution >= 4 is 11.9 Å². The number of esters is 1. The fourth-order valence-electron chi connectivity index (χ4n) is 1.77. The maximum atomic E-state index is 11.9. The van der Waals surface area contributed by atoms with Crippen LogP contribution in [-0.4, -0.2) is 74.6 Å². The lowest BCUT2D eigenvalue weighted by Crippen LogP contribution is -2.53. The van der Waals surface area contributed by atoms with Crippen LogP contribution >= 0.6 is 0 Å². The summed E-state index contributed by atoms with van der Waals surface area (Å²) in [6.45, 7) is 4.93. The molecule has 0 radical (unpaired) electrons. The first-order valence-corrected chi connectivity index (χ1v) is 5.83. The van der Waals surface area contributed by atoms with Crippen LogP contribution in [0.4, 0.5) is 0 Å². The number of carbonyl (C=O) groups excluding carboxylic acids is 2. The number of hydrogen-bond acceptors (Lipinski definition) is 5. The quantitative estimate of drug-likeness (QED) is 0.636. The first kappa shape index (κ1) is 13.9. The molecule has 1 aliphatic heterocycles. The van der Waals surface area contributed by atoms with Gasteiger partial charge in [0, 0.05) is 26.2 Å². The van der Waals surface area contributed by atoms with Gasteiger partial charge in [0.2, 0.25) is 5.91 Å². The minimum Gasteiger partial charge on any atom is -0.468 e. The Bertz CT molecular complexity index is 275. The Morgan fingerprint density at radius 1 is 1.29 bits per heavy atom. The molecule has 98 valence electrons. The van der Waals surface area contributed by atoms with Crippen molar-refractivity contribution in [3.05, 3.63) is 0 Å². The summed E-state index contributed by atoms with van der Waals surface area (Å²) in [5.41, 5.74) is 0. The molecule has 1 fully saturated rings. The van der Waals surface area contributed by atoms with Gasteiger partial charge in [-0.1, -0.05) is 0 Å². The van der Waals surface area contributed by atoms with Crippen LogP contribution in [0.2, 0.25) is 0 Å². The number of ether oxygens (including phenoxy) is 1. The van der Waals surface area contributed by atoms with Crippen molar-refractivity contribution < 1.29 is 14.3 Å². The number of methoxy groups -OCH3 is 1. The highest BCUT2D eigenvalue weighted by Gasteiger charge is 2.24. The molecule has 0 aromatic rings. The third-order valence-electron chi connectivity index (χ3n) is 3.07. The van der Waals surface area contributed by atoms with Gasteiger partial charge in [-0.3, -0.25) is 14.5 Å². The number of amides is 1. The van der Waals surface area contributed by atoms with Gasteiger partial charge in [0.15, 0.2) is 0 Å². The molecular weight excluding hydrogens is 222 g/mol. The van der Waals surface area contributed by atoms with Crippen molar-refractivity contribution in [2.45, 2.75) is 13.0 Å². The van der Waals surface area contributed by atoms with Crippen LogP contribution in [0, 0.1) is 0 Å². The summed E-state index contributed by atoms with van der Waals surface area (Å²) in [6, 6.07) is -0.151. The highest BCUT2D eigenvalue weighted by molar-refractivity contribution is 5.81. The predicted molar refractivity (Wildman–Crippen MR) is 63.6 cm³/mol. The molecule has 6 heteroatoms. The van der Waals surface area contributed by atoms with Crippen LogP contribution in [0.15, 0.2) is 0 Å². The normalized spacial score (nSPS) is 18.9. The second-order valence-electron chi connectivity index (χ2n) is 4.19. The van der Waals surface area contributed by atoms with E-state index in [2.05, 4.69) is 10.1 Å². The van der Waals surface area contributed by atoms with Crippen molar-refractivity contribution in [1.29, 1.82) is 0 Å². The molecule has 0 bridgehead atoms. The molecule has 1 unspecified atom stereocenters. The van der Waals surface area contributed by atoms with Crippen molar-refractivity contribution in [2.24, 2.45) is 0 Å². The zero-order chi connectivity index (χ0) is 12.8. The van der Waals surface area contributed by atoms with Crippen molar-refractivity contribution in [2.75, 3.05) is 46.9 Å². The van der Waals surface area contributed by atoms with Gasteiger partial charge in [0.1, 0.15) is 0 Å². The van der Waals surface area contributed by atoms with Crippen LogP contribution in [-0.2, 0) is 14.3 Å². The summed E-state index contributed by atoms with van der Waals surface area (Å²) in [5.74, 6) is -0.112. The molecular formula is C11H21N3O3. The summed E-state index contributed by atoms with van der Waals surface area (Å²) in [5, 5.41) is 2.94. The largest absolute Gasteiger partial charge is 0.468 e. The summed E-state index contributed by atoms with van der Waals surface area (Å²) in [7, 11) is 3.16. The van der Waals surface area contributed by atoms with E-state index in [9.17, 15) is 9.59 Å². The van der Waals surface area contributed by atoms with Gasteiger partial charge in [-0.15, -0.1) is 0 Å². The molecule has 0 aromatic heterocycles. The smallest absolute Gasteiger partial charge is 0.319 e. The summed E-state index contributed by atoms with van der Waals surface area (Å²) in [6.07, 6.45) is 0. The predicted octanol–water partition coefficient (Wildman–Crippen LogP) is -1.09. The molecule has 1 aliphatic rings. The maximum absolute atomic E-state index is 11.9. The lowest BCUT2D eigenvalue weighted by molar-refractivity contribution is -0.142. The van der Waals surface area contributed by atoms with E-state index in [1.807, 2.05) is 16.7 Å². The van der Waals surface area contributed by atoms with Crippen LogP contribution in [0.5, 0.6) is 0 Å². The van der Waals surface area contributed by atoms with Gasteiger partial charge in [0.25, 0.3) is 0 Å². The van der Waals surface area contributed by atoms with Gasteiger partial charge in [0.05, 0.1) is 19.7 Å². The molecule has 0 spiro atoms. The summed E-state index contributed by atoms with van der Waals surface area (Å²) >= 11 is 0. The highest BCUT2D eigenvalue weighted by atomic mass is 16.5. The zero-order valence-electron chi connectivity index (χ0n) is 10.7. The second kappa shape index (κ2) is 6.56. The number of rotatable bonds is 4. The molecule has 17 heavy (non-hydrogen) atoms. The topological polar surface area (TPSA) is 61.9 Å². The standard InChI is InChI=1S/C11H21N3O3/c1-9(12-2)11(16)14-6-4-13(5-7-14)8-10(15)17-3/h9,12H,4-8H2,1-3H3. The molecule has 1 amide bonds.